The summed E-state index contributed by atoms with van der Waals surface area (Å²) >= 11 is 0. The predicted molar refractivity (Wildman–Crippen MR) is 295 cm³/mol. The maximum absolute atomic E-state index is 2.50. The number of aromatic nitrogens is 4. The Morgan fingerprint density at radius 3 is 1.01 bits per heavy atom. The molecule has 0 aliphatic carbocycles. The van der Waals surface area contributed by atoms with Crippen LogP contribution < -0.4 is 0 Å². The Kier molecular flexibility index (Phi) is 8.33. The maximum Gasteiger partial charge on any atom is 0.0788 e. The van der Waals surface area contributed by atoms with Crippen molar-refractivity contribution in [2.24, 2.45) is 0 Å². The van der Waals surface area contributed by atoms with Crippen molar-refractivity contribution in [2.75, 3.05) is 0 Å². The van der Waals surface area contributed by atoms with E-state index in [1.165, 1.54) is 109 Å². The molecule has 0 unspecified atom stereocenters. The van der Waals surface area contributed by atoms with Crippen molar-refractivity contribution in [1.82, 2.24) is 18.3 Å². The zero-order valence-electron chi connectivity index (χ0n) is 38.0. The summed E-state index contributed by atoms with van der Waals surface area (Å²) in [5.74, 6) is 0. The molecule has 4 heteroatoms. The van der Waals surface area contributed by atoms with Crippen LogP contribution in [0.25, 0.3) is 132 Å². The topological polar surface area (TPSA) is 19.7 Å². The van der Waals surface area contributed by atoms with Gasteiger partial charge in [0.1, 0.15) is 0 Å². The second-order valence-electron chi connectivity index (χ2n) is 18.5. The highest BCUT2D eigenvalue weighted by molar-refractivity contribution is 6.24. The number of hydrogen-bond donors (Lipinski definition) is 0. The van der Waals surface area contributed by atoms with Gasteiger partial charge in [-0.1, -0.05) is 170 Å². The van der Waals surface area contributed by atoms with Crippen molar-refractivity contribution in [2.45, 2.75) is 0 Å². The third kappa shape index (κ3) is 5.65. The smallest absolute Gasteiger partial charge is 0.0788 e. The minimum atomic E-state index is 1.11. The highest BCUT2D eigenvalue weighted by atomic mass is 15.1. The lowest BCUT2D eigenvalue weighted by molar-refractivity contribution is 1.13. The molecule has 0 aliphatic heterocycles. The van der Waals surface area contributed by atoms with Crippen LogP contribution in [0.4, 0.5) is 0 Å². The van der Waals surface area contributed by atoms with E-state index in [-0.39, 0.29) is 0 Å². The van der Waals surface area contributed by atoms with E-state index in [4.69, 9.17) is 0 Å². The van der Waals surface area contributed by atoms with Gasteiger partial charge in [-0.3, -0.25) is 0 Å². The molecule has 15 rings (SSSR count). The van der Waals surface area contributed by atoms with Crippen LogP contribution in [-0.2, 0) is 0 Å². The van der Waals surface area contributed by atoms with Gasteiger partial charge in [-0.25, -0.2) is 0 Å². The molecule has 0 atom stereocenters. The molecule has 0 saturated carbocycles. The van der Waals surface area contributed by atoms with Crippen molar-refractivity contribution >= 4 is 87.2 Å². The number of rotatable bonds is 6. The molecular weight excluding hydrogens is 849 g/mol. The number of para-hydroxylation sites is 5. The fourth-order valence-electron chi connectivity index (χ4n) is 11.7. The summed E-state index contributed by atoms with van der Waals surface area (Å²) in [5, 5.41) is 9.81. The summed E-state index contributed by atoms with van der Waals surface area (Å²) in [6, 6.07) is 93.5. The summed E-state index contributed by atoms with van der Waals surface area (Å²) in [6.45, 7) is 0. The predicted octanol–water partition coefficient (Wildman–Crippen LogP) is 17.4. The summed E-state index contributed by atoms with van der Waals surface area (Å²) in [7, 11) is 0. The first-order valence-electron chi connectivity index (χ1n) is 24.1. The van der Waals surface area contributed by atoms with Gasteiger partial charge in [0, 0.05) is 65.8 Å². The van der Waals surface area contributed by atoms with E-state index in [2.05, 4.69) is 273 Å². The fraction of sp³-hybridized carbons (Fsp3) is 0. The Hall–Kier alpha value is -9.38. The first kappa shape index (κ1) is 38.7. The molecule has 11 aromatic carbocycles. The van der Waals surface area contributed by atoms with Crippen LogP contribution in [0.5, 0.6) is 0 Å². The standard InChI is InChI=1S/C66H42N4/c1-4-19-43(20-5-1)45-37-46(44-21-6-2-7-22-44)39-50(38-45)68-60-32-15-13-30-54(60)58-41-63-57(42-64(58)68)53-29-12-14-31-59(53)67(63)48-25-18-26-49(40-48)70-62-34-17-11-28-52(62)56-36-35-55-51-27-10-16-33-61(51)69(65(55)66(56)70)47-23-8-3-9-24-47/h1-42H. The first-order chi connectivity index (χ1) is 34.7. The molecule has 0 N–H and O–H groups in total. The first-order valence-corrected chi connectivity index (χ1v) is 24.1. The van der Waals surface area contributed by atoms with Crippen molar-refractivity contribution in [3.05, 3.63) is 255 Å². The third-order valence-electron chi connectivity index (χ3n) is 14.7. The lowest BCUT2D eigenvalue weighted by Gasteiger charge is -2.15. The monoisotopic (exact) mass is 890 g/mol. The van der Waals surface area contributed by atoms with Crippen molar-refractivity contribution < 1.29 is 0 Å². The van der Waals surface area contributed by atoms with E-state index in [9.17, 15) is 0 Å². The Bertz CT molecular complexity index is 4510. The van der Waals surface area contributed by atoms with E-state index in [0.717, 1.165) is 22.7 Å². The Labute approximate surface area is 403 Å². The fourth-order valence-corrected chi connectivity index (χ4v) is 11.7. The SMILES string of the molecule is c1ccc(-c2cc(-c3ccccc3)cc(-n3c4ccccc4c4cc5c(cc43)c3ccccc3n5-c3cccc(-n4c5ccccc5c5ccc6c7ccccc7n(-c7ccccc7)c6c54)c3)c2)cc1. The third-order valence-corrected chi connectivity index (χ3v) is 14.7. The van der Waals surface area contributed by atoms with Crippen LogP contribution in [0.2, 0.25) is 0 Å². The molecule has 0 spiro atoms. The van der Waals surface area contributed by atoms with Crippen LogP contribution >= 0.6 is 0 Å². The molecule has 15 aromatic rings. The summed E-state index contributed by atoms with van der Waals surface area (Å²) in [5.41, 5.74) is 18.7. The van der Waals surface area contributed by atoms with Crippen molar-refractivity contribution in [3.63, 3.8) is 0 Å². The molecule has 4 aromatic heterocycles. The number of hydrogen-bond acceptors (Lipinski definition) is 0. The minimum absolute atomic E-state index is 1.11. The van der Waals surface area contributed by atoms with Gasteiger partial charge >= 0.3 is 0 Å². The summed E-state index contributed by atoms with van der Waals surface area (Å²) in [4.78, 5) is 0. The number of nitrogens with zero attached hydrogens (tertiary/aromatic N) is 4. The van der Waals surface area contributed by atoms with Gasteiger partial charge in [0.05, 0.1) is 44.1 Å². The highest BCUT2D eigenvalue weighted by Gasteiger charge is 2.23. The van der Waals surface area contributed by atoms with E-state index in [1.54, 1.807) is 0 Å². The van der Waals surface area contributed by atoms with Gasteiger partial charge < -0.3 is 18.3 Å². The highest BCUT2D eigenvalue weighted by Crippen LogP contribution is 2.44. The normalized spacial score (nSPS) is 12.0. The van der Waals surface area contributed by atoms with Gasteiger partial charge in [0.15, 0.2) is 0 Å². The average Bonchev–Trinajstić information content (AvgIpc) is 4.16. The molecule has 326 valence electrons. The van der Waals surface area contributed by atoms with E-state index in [1.807, 2.05) is 0 Å². The lowest BCUT2D eigenvalue weighted by Crippen LogP contribution is -2.00. The molecule has 0 aliphatic rings. The van der Waals surface area contributed by atoms with E-state index >= 15 is 0 Å². The van der Waals surface area contributed by atoms with E-state index < -0.39 is 0 Å². The molecule has 0 radical (unpaired) electrons. The lowest BCUT2D eigenvalue weighted by atomic mass is 9.98. The molecule has 70 heavy (non-hydrogen) atoms. The Morgan fingerprint density at radius 2 is 0.529 bits per heavy atom. The Balaban J connectivity index is 0.992. The van der Waals surface area contributed by atoms with E-state index in [0.29, 0.717) is 0 Å². The Morgan fingerprint density at radius 1 is 0.171 bits per heavy atom. The molecule has 4 heterocycles. The van der Waals surface area contributed by atoms with Gasteiger partial charge in [-0.05, 0) is 107 Å². The van der Waals surface area contributed by atoms with Crippen LogP contribution in [0.3, 0.4) is 0 Å². The molecular formula is C66H42N4. The van der Waals surface area contributed by atoms with Crippen LogP contribution in [-0.4, -0.2) is 18.3 Å². The zero-order valence-corrected chi connectivity index (χ0v) is 38.0. The number of benzene rings is 11. The second kappa shape index (κ2) is 15.1. The van der Waals surface area contributed by atoms with Crippen LogP contribution in [0.1, 0.15) is 0 Å². The van der Waals surface area contributed by atoms with Crippen molar-refractivity contribution in [1.29, 1.82) is 0 Å². The van der Waals surface area contributed by atoms with Gasteiger partial charge in [-0.15, -0.1) is 0 Å². The largest absolute Gasteiger partial charge is 0.309 e. The average molecular weight is 891 g/mol. The van der Waals surface area contributed by atoms with Gasteiger partial charge in [-0.2, -0.15) is 0 Å². The van der Waals surface area contributed by atoms with Gasteiger partial charge in [0.25, 0.3) is 0 Å². The molecule has 0 fully saturated rings. The van der Waals surface area contributed by atoms with Crippen LogP contribution in [0.15, 0.2) is 255 Å². The summed E-state index contributed by atoms with van der Waals surface area (Å²) in [6.07, 6.45) is 0. The molecule has 0 saturated heterocycles. The molecule has 4 nitrogen and oxygen atoms in total. The number of fused-ring (bicyclic) bond motifs is 13. The molecule has 0 amide bonds. The second-order valence-corrected chi connectivity index (χ2v) is 18.5. The van der Waals surface area contributed by atoms with Crippen LogP contribution in [0, 0.1) is 0 Å². The molecule has 0 bridgehead atoms. The van der Waals surface area contributed by atoms with Crippen molar-refractivity contribution in [3.8, 4) is 45.0 Å². The quantitative estimate of drug-likeness (QED) is 0.158. The summed E-state index contributed by atoms with van der Waals surface area (Å²) < 4.78 is 9.92. The van der Waals surface area contributed by atoms with Gasteiger partial charge in [0.2, 0.25) is 0 Å². The maximum atomic E-state index is 2.50. The zero-order chi connectivity index (χ0) is 45.9. The minimum Gasteiger partial charge on any atom is -0.309 e.